The van der Waals surface area contributed by atoms with Gasteiger partial charge in [-0.05, 0) is 23.8 Å². The molecule has 0 unspecified atom stereocenters. The molecule has 0 aliphatic heterocycles. The first-order valence-corrected chi connectivity index (χ1v) is 10.9. The van der Waals surface area contributed by atoms with Crippen LogP contribution in [0.15, 0.2) is 78.9 Å². The summed E-state index contributed by atoms with van der Waals surface area (Å²) in [4.78, 5) is 12.6. The Hall–Kier alpha value is -3.32. The van der Waals surface area contributed by atoms with Gasteiger partial charge in [-0.1, -0.05) is 60.7 Å². The topological polar surface area (TPSA) is 84.5 Å². The zero-order valence-corrected chi connectivity index (χ0v) is 16.8. The summed E-state index contributed by atoms with van der Waals surface area (Å²) in [6.07, 6.45) is 1.04. The maximum atomic E-state index is 12.6. The Morgan fingerprint density at radius 3 is 2.31 bits per heavy atom. The Kier molecular flexibility index (Phi) is 6.51. The number of para-hydroxylation sites is 2. The molecular formula is C22H22N2O4S. The molecule has 0 radical (unpaired) electrons. The average molecular weight is 410 g/mol. The fraction of sp³-hybridized carbons (Fsp3) is 0.136. The van der Waals surface area contributed by atoms with Crippen LogP contribution in [0.25, 0.3) is 0 Å². The number of carbonyl (C=O) groups excluding carboxylic acids is 1. The van der Waals surface area contributed by atoms with Gasteiger partial charge in [0, 0.05) is 12.1 Å². The number of hydrogen-bond acceptors (Lipinski definition) is 4. The summed E-state index contributed by atoms with van der Waals surface area (Å²) < 4.78 is 31.3. The zero-order valence-electron chi connectivity index (χ0n) is 16.0. The van der Waals surface area contributed by atoms with Gasteiger partial charge in [-0.2, -0.15) is 0 Å². The van der Waals surface area contributed by atoms with Crippen molar-refractivity contribution in [3.63, 3.8) is 0 Å². The predicted molar refractivity (Wildman–Crippen MR) is 113 cm³/mol. The Morgan fingerprint density at radius 2 is 1.55 bits per heavy atom. The summed E-state index contributed by atoms with van der Waals surface area (Å²) in [5.74, 6) is 0.300. The molecule has 0 fully saturated rings. The van der Waals surface area contributed by atoms with Gasteiger partial charge >= 0.3 is 0 Å². The maximum absolute atomic E-state index is 12.6. The van der Waals surface area contributed by atoms with Crippen LogP contribution in [0.2, 0.25) is 0 Å². The Morgan fingerprint density at radius 1 is 0.897 bits per heavy atom. The van der Waals surface area contributed by atoms with Gasteiger partial charge in [0.2, 0.25) is 10.0 Å². The first kappa shape index (κ1) is 20.4. The van der Waals surface area contributed by atoms with Crippen molar-refractivity contribution in [1.29, 1.82) is 0 Å². The summed E-state index contributed by atoms with van der Waals surface area (Å²) in [5.41, 5.74) is 2.36. The van der Waals surface area contributed by atoms with Gasteiger partial charge in [0.25, 0.3) is 5.91 Å². The third-order valence-corrected chi connectivity index (χ3v) is 4.71. The molecule has 0 bridgehead atoms. The van der Waals surface area contributed by atoms with Crippen molar-refractivity contribution < 1.29 is 17.9 Å². The number of benzene rings is 3. The lowest BCUT2D eigenvalue weighted by atomic mass is 10.1. The smallest absolute Gasteiger partial charge is 0.253 e. The van der Waals surface area contributed by atoms with E-state index in [9.17, 15) is 13.2 Å². The molecule has 6 nitrogen and oxygen atoms in total. The van der Waals surface area contributed by atoms with Crippen LogP contribution in [-0.2, 0) is 23.2 Å². The first-order chi connectivity index (χ1) is 13.9. The molecule has 0 saturated carbocycles. The van der Waals surface area contributed by atoms with Gasteiger partial charge in [0.1, 0.15) is 12.4 Å². The van der Waals surface area contributed by atoms with Crippen molar-refractivity contribution in [3.8, 4) is 5.75 Å². The SMILES string of the molecule is CS(=O)(=O)Nc1ccccc1C(=O)NCc1ccccc1OCc1ccccc1. The van der Waals surface area contributed by atoms with E-state index < -0.39 is 10.0 Å². The number of amides is 1. The van der Waals surface area contributed by atoms with Gasteiger partial charge in [-0.15, -0.1) is 0 Å². The van der Waals surface area contributed by atoms with E-state index in [1.165, 1.54) is 0 Å². The van der Waals surface area contributed by atoms with Crippen LogP contribution < -0.4 is 14.8 Å². The lowest BCUT2D eigenvalue weighted by molar-refractivity contribution is 0.0951. The molecule has 2 N–H and O–H groups in total. The van der Waals surface area contributed by atoms with Gasteiger partial charge in [-0.25, -0.2) is 8.42 Å². The van der Waals surface area contributed by atoms with E-state index in [-0.39, 0.29) is 23.7 Å². The standard InChI is InChI=1S/C22H22N2O4S/c1-29(26,27)24-20-13-7-6-12-19(20)22(25)23-15-18-11-5-8-14-21(18)28-16-17-9-3-2-4-10-17/h2-14,24H,15-16H2,1H3,(H,23,25). The number of rotatable bonds is 8. The van der Waals surface area contributed by atoms with E-state index in [0.29, 0.717) is 12.4 Å². The molecule has 0 heterocycles. The highest BCUT2D eigenvalue weighted by Crippen LogP contribution is 2.20. The van der Waals surface area contributed by atoms with E-state index in [1.807, 2.05) is 54.6 Å². The molecule has 1 amide bonds. The number of ether oxygens (including phenoxy) is 1. The molecule has 0 atom stereocenters. The van der Waals surface area contributed by atoms with Gasteiger partial charge < -0.3 is 10.1 Å². The quantitative estimate of drug-likeness (QED) is 0.595. The van der Waals surface area contributed by atoms with Crippen LogP contribution in [0.3, 0.4) is 0 Å². The second-order valence-electron chi connectivity index (χ2n) is 6.48. The molecule has 3 aromatic rings. The third-order valence-electron chi connectivity index (χ3n) is 4.12. The van der Waals surface area contributed by atoms with Crippen LogP contribution in [0.4, 0.5) is 5.69 Å². The summed E-state index contributed by atoms with van der Waals surface area (Å²) in [6.45, 7) is 0.671. The molecule has 3 aromatic carbocycles. The van der Waals surface area contributed by atoms with Crippen molar-refractivity contribution in [2.75, 3.05) is 11.0 Å². The minimum absolute atomic E-state index is 0.237. The normalized spacial score (nSPS) is 10.9. The number of sulfonamides is 1. The molecule has 0 aliphatic rings. The van der Waals surface area contributed by atoms with Crippen LogP contribution in [-0.4, -0.2) is 20.6 Å². The minimum atomic E-state index is -3.49. The van der Waals surface area contributed by atoms with E-state index in [0.717, 1.165) is 17.4 Å². The predicted octanol–water partition coefficient (Wildman–Crippen LogP) is 3.57. The van der Waals surface area contributed by atoms with Crippen molar-refractivity contribution in [3.05, 3.63) is 95.6 Å². The van der Waals surface area contributed by atoms with Gasteiger partial charge in [0.15, 0.2) is 0 Å². The highest BCUT2D eigenvalue weighted by Gasteiger charge is 2.14. The van der Waals surface area contributed by atoms with E-state index in [4.69, 9.17) is 4.74 Å². The van der Waals surface area contributed by atoms with Crippen molar-refractivity contribution >= 4 is 21.6 Å². The lowest BCUT2D eigenvalue weighted by Gasteiger charge is -2.14. The molecular weight excluding hydrogens is 388 g/mol. The minimum Gasteiger partial charge on any atom is -0.489 e. The summed E-state index contributed by atoms with van der Waals surface area (Å²) in [7, 11) is -3.49. The van der Waals surface area contributed by atoms with Gasteiger partial charge in [0.05, 0.1) is 17.5 Å². The number of anilines is 1. The van der Waals surface area contributed by atoms with E-state index >= 15 is 0 Å². The zero-order chi connectivity index (χ0) is 20.7. The van der Waals surface area contributed by atoms with Crippen LogP contribution in [0.5, 0.6) is 5.75 Å². The molecule has 0 spiro atoms. The molecule has 0 aromatic heterocycles. The molecule has 29 heavy (non-hydrogen) atoms. The molecule has 7 heteroatoms. The third kappa shape index (κ3) is 6.08. The number of carbonyl (C=O) groups is 1. The number of nitrogens with one attached hydrogen (secondary N) is 2. The monoisotopic (exact) mass is 410 g/mol. The Bertz CT molecular complexity index is 1080. The Labute approximate surface area is 170 Å². The maximum Gasteiger partial charge on any atom is 0.253 e. The van der Waals surface area contributed by atoms with Crippen LogP contribution in [0.1, 0.15) is 21.5 Å². The Balaban J connectivity index is 1.68. The van der Waals surface area contributed by atoms with Crippen LogP contribution >= 0.6 is 0 Å². The molecule has 150 valence electrons. The molecule has 3 rings (SSSR count). The van der Waals surface area contributed by atoms with Crippen molar-refractivity contribution in [1.82, 2.24) is 5.32 Å². The van der Waals surface area contributed by atoms with E-state index in [2.05, 4.69) is 10.0 Å². The lowest BCUT2D eigenvalue weighted by Crippen LogP contribution is -2.25. The summed E-state index contributed by atoms with van der Waals surface area (Å²) >= 11 is 0. The number of hydrogen-bond donors (Lipinski definition) is 2. The fourth-order valence-electron chi connectivity index (χ4n) is 2.77. The fourth-order valence-corrected chi connectivity index (χ4v) is 3.34. The molecule has 0 aliphatic carbocycles. The van der Waals surface area contributed by atoms with Crippen LogP contribution in [0, 0.1) is 0 Å². The second-order valence-corrected chi connectivity index (χ2v) is 8.23. The molecule has 0 saturated heterocycles. The largest absolute Gasteiger partial charge is 0.489 e. The first-order valence-electron chi connectivity index (χ1n) is 9.02. The average Bonchev–Trinajstić information content (AvgIpc) is 2.71. The summed E-state index contributed by atoms with van der Waals surface area (Å²) in [5, 5.41) is 2.83. The second kappa shape index (κ2) is 9.25. The highest BCUT2D eigenvalue weighted by atomic mass is 32.2. The van der Waals surface area contributed by atoms with Crippen molar-refractivity contribution in [2.24, 2.45) is 0 Å². The highest BCUT2D eigenvalue weighted by molar-refractivity contribution is 7.92. The van der Waals surface area contributed by atoms with Gasteiger partial charge in [-0.3, -0.25) is 9.52 Å². The summed E-state index contributed by atoms with van der Waals surface area (Å²) in [6, 6.07) is 23.7. The van der Waals surface area contributed by atoms with E-state index in [1.54, 1.807) is 24.3 Å². The van der Waals surface area contributed by atoms with Crippen molar-refractivity contribution in [2.45, 2.75) is 13.2 Å².